The molecule has 0 spiro atoms. The molecule has 6 heteroatoms. The summed E-state index contributed by atoms with van der Waals surface area (Å²) in [6.45, 7) is 0. The van der Waals surface area contributed by atoms with E-state index in [4.69, 9.17) is 4.74 Å². The minimum atomic E-state index is -0.228. The number of methoxy groups -OCH3 is 1. The Morgan fingerprint density at radius 3 is 2.65 bits per heavy atom. The number of anilines is 2. The molecule has 0 atom stereocenters. The van der Waals surface area contributed by atoms with E-state index in [1.807, 2.05) is 14.1 Å². The number of ether oxygens (including phenoxy) is 1. The SMILES string of the molecule is COc1ccc(NC(=O)c2cccnc2N(C)C)cn1. The Hall–Kier alpha value is -2.63. The number of hydrogen-bond acceptors (Lipinski definition) is 5. The van der Waals surface area contributed by atoms with E-state index in [1.165, 1.54) is 0 Å². The van der Waals surface area contributed by atoms with Crippen LogP contribution in [0.25, 0.3) is 0 Å². The molecule has 6 nitrogen and oxygen atoms in total. The van der Waals surface area contributed by atoms with Gasteiger partial charge in [-0.3, -0.25) is 4.79 Å². The van der Waals surface area contributed by atoms with Crippen molar-refractivity contribution in [3.05, 3.63) is 42.2 Å². The Kier molecular flexibility index (Phi) is 4.14. The minimum Gasteiger partial charge on any atom is -0.481 e. The molecule has 0 aliphatic rings. The van der Waals surface area contributed by atoms with Gasteiger partial charge >= 0.3 is 0 Å². The summed E-state index contributed by atoms with van der Waals surface area (Å²) < 4.78 is 4.97. The average molecular weight is 272 g/mol. The van der Waals surface area contributed by atoms with Gasteiger partial charge < -0.3 is 15.0 Å². The fourth-order valence-electron chi connectivity index (χ4n) is 1.70. The first-order chi connectivity index (χ1) is 9.61. The highest BCUT2D eigenvalue weighted by molar-refractivity contribution is 6.07. The molecule has 0 aliphatic carbocycles. The topological polar surface area (TPSA) is 67.3 Å². The largest absolute Gasteiger partial charge is 0.481 e. The molecule has 0 saturated heterocycles. The van der Waals surface area contributed by atoms with Crippen LogP contribution in [0.3, 0.4) is 0 Å². The standard InChI is InChI=1S/C14H16N4O2/c1-18(2)13-11(5-4-8-15-13)14(19)17-10-6-7-12(20-3)16-9-10/h4-9H,1-3H3,(H,17,19). The lowest BCUT2D eigenvalue weighted by Gasteiger charge is -2.15. The molecule has 1 N–H and O–H groups in total. The molecule has 2 rings (SSSR count). The van der Waals surface area contributed by atoms with E-state index in [2.05, 4.69) is 15.3 Å². The third-order valence-corrected chi connectivity index (χ3v) is 2.66. The Labute approximate surface area is 117 Å². The molecule has 0 fully saturated rings. The maximum Gasteiger partial charge on any atom is 0.259 e. The Bertz CT molecular complexity index is 596. The summed E-state index contributed by atoms with van der Waals surface area (Å²) in [5.74, 6) is 0.888. The second-order valence-corrected chi connectivity index (χ2v) is 4.31. The van der Waals surface area contributed by atoms with Crippen LogP contribution in [-0.4, -0.2) is 37.1 Å². The second-order valence-electron chi connectivity index (χ2n) is 4.31. The van der Waals surface area contributed by atoms with E-state index in [1.54, 1.807) is 48.7 Å². The fourth-order valence-corrected chi connectivity index (χ4v) is 1.70. The molecule has 2 heterocycles. The van der Waals surface area contributed by atoms with Crippen molar-refractivity contribution in [2.45, 2.75) is 0 Å². The lowest BCUT2D eigenvalue weighted by atomic mass is 10.2. The fraction of sp³-hybridized carbons (Fsp3) is 0.214. The van der Waals surface area contributed by atoms with Gasteiger partial charge in [0, 0.05) is 26.4 Å². The van der Waals surface area contributed by atoms with Crippen molar-refractivity contribution in [2.75, 3.05) is 31.4 Å². The Morgan fingerprint density at radius 2 is 2.05 bits per heavy atom. The highest BCUT2D eigenvalue weighted by Crippen LogP contribution is 2.17. The van der Waals surface area contributed by atoms with Crippen molar-refractivity contribution in [1.29, 1.82) is 0 Å². The lowest BCUT2D eigenvalue weighted by molar-refractivity contribution is 0.102. The van der Waals surface area contributed by atoms with Crippen molar-refractivity contribution in [2.24, 2.45) is 0 Å². The van der Waals surface area contributed by atoms with Crippen molar-refractivity contribution in [1.82, 2.24) is 9.97 Å². The number of nitrogens with one attached hydrogen (secondary N) is 1. The van der Waals surface area contributed by atoms with Crippen LogP contribution in [-0.2, 0) is 0 Å². The second kappa shape index (κ2) is 6.01. The molecule has 0 aromatic carbocycles. The first kappa shape index (κ1) is 13.8. The van der Waals surface area contributed by atoms with E-state index in [9.17, 15) is 4.79 Å². The minimum absolute atomic E-state index is 0.228. The maximum atomic E-state index is 12.3. The van der Waals surface area contributed by atoms with Crippen LogP contribution in [0, 0.1) is 0 Å². The van der Waals surface area contributed by atoms with Crippen molar-refractivity contribution in [3.63, 3.8) is 0 Å². The summed E-state index contributed by atoms with van der Waals surface area (Å²) in [5.41, 5.74) is 1.11. The first-order valence-corrected chi connectivity index (χ1v) is 6.05. The summed E-state index contributed by atoms with van der Waals surface area (Å²) in [5, 5.41) is 2.78. The number of carbonyl (C=O) groups excluding carboxylic acids is 1. The summed E-state index contributed by atoms with van der Waals surface area (Å²) in [7, 11) is 5.22. The predicted molar refractivity (Wildman–Crippen MR) is 77.3 cm³/mol. The zero-order valence-corrected chi connectivity index (χ0v) is 11.6. The quantitative estimate of drug-likeness (QED) is 0.919. The predicted octanol–water partition coefficient (Wildman–Crippen LogP) is 1.80. The first-order valence-electron chi connectivity index (χ1n) is 6.05. The number of amides is 1. The van der Waals surface area contributed by atoms with Gasteiger partial charge in [0.2, 0.25) is 5.88 Å². The van der Waals surface area contributed by atoms with Crippen molar-refractivity contribution in [3.8, 4) is 5.88 Å². The Morgan fingerprint density at radius 1 is 1.25 bits per heavy atom. The summed E-state index contributed by atoms with van der Waals surface area (Å²) in [6, 6.07) is 6.88. The van der Waals surface area contributed by atoms with Crippen LogP contribution in [0.15, 0.2) is 36.7 Å². The van der Waals surface area contributed by atoms with Crippen LogP contribution in [0.5, 0.6) is 5.88 Å². The number of pyridine rings is 2. The van der Waals surface area contributed by atoms with Crippen LogP contribution in [0.4, 0.5) is 11.5 Å². The zero-order chi connectivity index (χ0) is 14.5. The van der Waals surface area contributed by atoms with E-state index >= 15 is 0 Å². The average Bonchev–Trinajstić information content (AvgIpc) is 2.48. The molecule has 20 heavy (non-hydrogen) atoms. The van der Waals surface area contributed by atoms with Gasteiger partial charge in [-0.05, 0) is 18.2 Å². The maximum absolute atomic E-state index is 12.3. The van der Waals surface area contributed by atoms with Gasteiger partial charge in [0.1, 0.15) is 5.82 Å². The normalized spacial score (nSPS) is 9.95. The van der Waals surface area contributed by atoms with E-state index in [0.717, 1.165) is 0 Å². The molecule has 0 radical (unpaired) electrons. The van der Waals surface area contributed by atoms with Gasteiger partial charge in [-0.2, -0.15) is 0 Å². The highest BCUT2D eigenvalue weighted by atomic mass is 16.5. The molecular weight excluding hydrogens is 256 g/mol. The zero-order valence-electron chi connectivity index (χ0n) is 11.6. The van der Waals surface area contributed by atoms with E-state index < -0.39 is 0 Å². The summed E-state index contributed by atoms with van der Waals surface area (Å²) in [4.78, 5) is 22.3. The molecule has 0 saturated carbocycles. The Balaban J connectivity index is 2.19. The van der Waals surface area contributed by atoms with Gasteiger partial charge in [0.05, 0.1) is 24.6 Å². The smallest absolute Gasteiger partial charge is 0.259 e. The highest BCUT2D eigenvalue weighted by Gasteiger charge is 2.13. The van der Waals surface area contributed by atoms with Gasteiger partial charge in [0.15, 0.2) is 0 Å². The third-order valence-electron chi connectivity index (χ3n) is 2.66. The third kappa shape index (κ3) is 3.03. The van der Waals surface area contributed by atoms with Crippen LogP contribution in [0.1, 0.15) is 10.4 Å². The van der Waals surface area contributed by atoms with Gasteiger partial charge in [-0.15, -0.1) is 0 Å². The molecule has 0 unspecified atom stereocenters. The van der Waals surface area contributed by atoms with Crippen LogP contribution >= 0.6 is 0 Å². The number of nitrogens with zero attached hydrogens (tertiary/aromatic N) is 3. The van der Waals surface area contributed by atoms with Crippen molar-refractivity contribution >= 4 is 17.4 Å². The molecule has 0 aliphatic heterocycles. The molecular formula is C14H16N4O2. The molecule has 104 valence electrons. The molecule has 2 aromatic heterocycles. The van der Waals surface area contributed by atoms with Gasteiger partial charge in [0.25, 0.3) is 5.91 Å². The number of hydrogen-bond donors (Lipinski definition) is 1. The van der Waals surface area contributed by atoms with E-state index in [-0.39, 0.29) is 5.91 Å². The number of aromatic nitrogens is 2. The number of carbonyl (C=O) groups is 1. The lowest BCUT2D eigenvalue weighted by Crippen LogP contribution is -2.19. The van der Waals surface area contributed by atoms with Gasteiger partial charge in [-0.1, -0.05) is 0 Å². The molecule has 2 aromatic rings. The van der Waals surface area contributed by atoms with Crippen LogP contribution < -0.4 is 15.0 Å². The molecule has 0 bridgehead atoms. The summed E-state index contributed by atoms with van der Waals surface area (Å²) in [6.07, 6.45) is 3.20. The molecule has 1 amide bonds. The number of rotatable bonds is 4. The van der Waals surface area contributed by atoms with Crippen LogP contribution in [0.2, 0.25) is 0 Å². The summed E-state index contributed by atoms with van der Waals surface area (Å²) >= 11 is 0. The van der Waals surface area contributed by atoms with Crippen molar-refractivity contribution < 1.29 is 9.53 Å². The monoisotopic (exact) mass is 272 g/mol. The van der Waals surface area contributed by atoms with Gasteiger partial charge in [-0.25, -0.2) is 9.97 Å². The van der Waals surface area contributed by atoms with E-state index in [0.29, 0.717) is 22.9 Å².